The Morgan fingerprint density at radius 2 is 1.59 bits per heavy atom. The Morgan fingerprint density at radius 1 is 0.889 bits per heavy atom. The Balaban J connectivity index is 1.43. The topological polar surface area (TPSA) is 0 Å². The molecule has 0 aliphatic heterocycles. The van der Waals surface area contributed by atoms with Crippen molar-refractivity contribution in [1.82, 2.24) is 0 Å². The molecular formula is C25H28ClF. The highest BCUT2D eigenvalue weighted by atomic mass is 35.5. The average Bonchev–Trinajstić information content (AvgIpc) is 2.70. The second-order valence-electron chi connectivity index (χ2n) is 8.38. The third-order valence-corrected chi connectivity index (χ3v) is 7.06. The van der Waals surface area contributed by atoms with Crippen molar-refractivity contribution >= 4 is 11.6 Å². The van der Waals surface area contributed by atoms with E-state index in [-0.39, 0.29) is 10.8 Å². The van der Waals surface area contributed by atoms with Crippen molar-refractivity contribution in [3.63, 3.8) is 0 Å². The maximum atomic E-state index is 13.7. The van der Waals surface area contributed by atoms with Crippen molar-refractivity contribution in [3.05, 3.63) is 71.0 Å². The van der Waals surface area contributed by atoms with Gasteiger partial charge in [0.05, 0.1) is 5.02 Å². The maximum Gasteiger partial charge on any atom is 0.142 e. The van der Waals surface area contributed by atoms with Gasteiger partial charge in [-0.05, 0) is 97.9 Å². The Morgan fingerprint density at radius 3 is 2.33 bits per heavy atom. The van der Waals surface area contributed by atoms with E-state index in [1.54, 1.807) is 6.07 Å². The van der Waals surface area contributed by atoms with E-state index < -0.39 is 0 Å². The summed E-state index contributed by atoms with van der Waals surface area (Å²) < 4.78 is 13.7. The number of allylic oxidation sites excluding steroid dienone is 2. The van der Waals surface area contributed by atoms with E-state index in [1.807, 2.05) is 6.07 Å². The summed E-state index contributed by atoms with van der Waals surface area (Å²) in [5.41, 5.74) is 3.38. The van der Waals surface area contributed by atoms with Crippen LogP contribution in [0.5, 0.6) is 0 Å². The number of rotatable bonds is 3. The first-order chi connectivity index (χ1) is 13.1. The largest absolute Gasteiger partial charge is 0.205 e. The summed E-state index contributed by atoms with van der Waals surface area (Å²) in [6, 6.07) is 13.8. The zero-order chi connectivity index (χ0) is 18.8. The molecule has 2 fully saturated rings. The number of hydrogen-bond acceptors (Lipinski definition) is 0. The molecule has 0 heterocycles. The highest BCUT2D eigenvalue weighted by Gasteiger charge is 2.35. The van der Waals surface area contributed by atoms with Crippen LogP contribution in [-0.2, 0) is 0 Å². The zero-order valence-corrected chi connectivity index (χ0v) is 16.8. The minimum absolute atomic E-state index is 0.177. The standard InChI is InChI=1S/C25H28ClF/c1-2-3-17-4-5-22-15-21(11-10-20(22)14-17)18-6-8-19(9-7-18)23-12-13-24(26)25(27)16-23/h2-3,6-9,12-13,16-17,20-22H,4-5,10-11,14-15H2,1H3/b3-2+. The van der Waals surface area contributed by atoms with E-state index in [4.69, 9.17) is 11.6 Å². The normalized spacial score (nSPS) is 28.3. The predicted molar refractivity (Wildman–Crippen MR) is 113 cm³/mol. The van der Waals surface area contributed by atoms with Gasteiger partial charge in [0.25, 0.3) is 0 Å². The third kappa shape index (κ3) is 4.14. The van der Waals surface area contributed by atoms with E-state index in [0.29, 0.717) is 5.92 Å². The lowest BCUT2D eigenvalue weighted by Gasteiger charge is -2.41. The molecule has 4 atom stereocenters. The van der Waals surface area contributed by atoms with Crippen LogP contribution in [0.4, 0.5) is 4.39 Å². The van der Waals surface area contributed by atoms with Crippen LogP contribution in [0.25, 0.3) is 11.1 Å². The Hall–Kier alpha value is -1.60. The molecule has 27 heavy (non-hydrogen) atoms. The lowest BCUT2D eigenvalue weighted by molar-refractivity contribution is 0.133. The molecule has 4 rings (SSSR count). The van der Waals surface area contributed by atoms with Gasteiger partial charge in [-0.25, -0.2) is 4.39 Å². The lowest BCUT2D eigenvalue weighted by atomic mass is 9.64. The molecule has 0 aromatic heterocycles. The van der Waals surface area contributed by atoms with E-state index in [0.717, 1.165) is 28.9 Å². The van der Waals surface area contributed by atoms with Crippen LogP contribution in [0.1, 0.15) is 56.9 Å². The fourth-order valence-corrected chi connectivity index (χ4v) is 5.42. The van der Waals surface area contributed by atoms with Crippen LogP contribution in [0.15, 0.2) is 54.6 Å². The molecule has 0 spiro atoms. The summed E-state index contributed by atoms with van der Waals surface area (Å²) in [5, 5.41) is 0.177. The van der Waals surface area contributed by atoms with Crippen LogP contribution >= 0.6 is 11.6 Å². The van der Waals surface area contributed by atoms with Crippen LogP contribution < -0.4 is 0 Å². The van der Waals surface area contributed by atoms with E-state index in [2.05, 4.69) is 43.3 Å². The first-order valence-corrected chi connectivity index (χ1v) is 10.7. The molecule has 0 saturated heterocycles. The van der Waals surface area contributed by atoms with Gasteiger partial charge < -0.3 is 0 Å². The molecule has 0 radical (unpaired) electrons. The Bertz CT molecular complexity index is 808. The number of benzene rings is 2. The molecule has 2 aliphatic rings. The van der Waals surface area contributed by atoms with Gasteiger partial charge in [0.1, 0.15) is 5.82 Å². The third-order valence-electron chi connectivity index (χ3n) is 6.75. The van der Waals surface area contributed by atoms with Crippen molar-refractivity contribution in [3.8, 4) is 11.1 Å². The van der Waals surface area contributed by atoms with Crippen molar-refractivity contribution < 1.29 is 4.39 Å². The summed E-state index contributed by atoms with van der Waals surface area (Å²) in [7, 11) is 0. The molecule has 2 heteroatoms. The molecular weight excluding hydrogens is 355 g/mol. The van der Waals surface area contributed by atoms with Gasteiger partial charge in [-0.1, -0.05) is 54.1 Å². The van der Waals surface area contributed by atoms with Gasteiger partial charge in [0, 0.05) is 0 Å². The lowest BCUT2D eigenvalue weighted by Crippen LogP contribution is -2.30. The zero-order valence-electron chi connectivity index (χ0n) is 16.0. The summed E-state index contributed by atoms with van der Waals surface area (Å²) in [4.78, 5) is 0. The summed E-state index contributed by atoms with van der Waals surface area (Å²) >= 11 is 5.80. The van der Waals surface area contributed by atoms with Gasteiger partial charge in [0.15, 0.2) is 0 Å². The first-order valence-electron chi connectivity index (χ1n) is 10.3. The minimum atomic E-state index is -0.356. The summed E-state index contributed by atoms with van der Waals surface area (Å²) in [6.07, 6.45) is 12.8. The minimum Gasteiger partial charge on any atom is -0.205 e. The summed E-state index contributed by atoms with van der Waals surface area (Å²) in [5.74, 6) is 2.96. The first kappa shape index (κ1) is 18.7. The molecule has 0 amide bonds. The molecule has 0 bridgehead atoms. The number of hydrogen-bond donors (Lipinski definition) is 0. The molecule has 0 nitrogen and oxygen atoms in total. The smallest absolute Gasteiger partial charge is 0.142 e. The van der Waals surface area contributed by atoms with Crippen molar-refractivity contribution in [2.75, 3.05) is 0 Å². The van der Waals surface area contributed by atoms with Gasteiger partial charge in [0.2, 0.25) is 0 Å². The summed E-state index contributed by atoms with van der Waals surface area (Å²) in [6.45, 7) is 2.14. The second kappa shape index (κ2) is 8.19. The van der Waals surface area contributed by atoms with Gasteiger partial charge in [-0.3, -0.25) is 0 Å². The number of halogens is 2. The van der Waals surface area contributed by atoms with Gasteiger partial charge in [-0.15, -0.1) is 0 Å². The van der Waals surface area contributed by atoms with E-state index >= 15 is 0 Å². The molecule has 142 valence electrons. The quantitative estimate of drug-likeness (QED) is 0.471. The molecule has 2 aromatic rings. The molecule has 4 unspecified atom stereocenters. The van der Waals surface area contributed by atoms with Crippen LogP contribution in [0, 0.1) is 23.6 Å². The number of fused-ring (bicyclic) bond motifs is 1. The molecule has 2 aliphatic carbocycles. The SMILES string of the molecule is C/C=C/C1CCC2CC(c3ccc(-c4ccc(Cl)c(F)c4)cc3)CCC2C1. The van der Waals surface area contributed by atoms with E-state index in [9.17, 15) is 4.39 Å². The van der Waals surface area contributed by atoms with Gasteiger partial charge in [-0.2, -0.15) is 0 Å². The van der Waals surface area contributed by atoms with Crippen molar-refractivity contribution in [2.24, 2.45) is 17.8 Å². The Kier molecular flexibility index (Phi) is 5.68. The maximum absolute atomic E-state index is 13.7. The average molecular weight is 383 g/mol. The van der Waals surface area contributed by atoms with Crippen molar-refractivity contribution in [1.29, 1.82) is 0 Å². The second-order valence-corrected chi connectivity index (χ2v) is 8.79. The van der Waals surface area contributed by atoms with E-state index in [1.165, 1.54) is 50.2 Å². The van der Waals surface area contributed by atoms with Crippen LogP contribution in [0.2, 0.25) is 5.02 Å². The fraction of sp³-hybridized carbons (Fsp3) is 0.440. The molecule has 2 saturated carbocycles. The Labute approximate surface area is 167 Å². The highest BCUT2D eigenvalue weighted by molar-refractivity contribution is 6.30. The monoisotopic (exact) mass is 382 g/mol. The molecule has 0 N–H and O–H groups in total. The van der Waals surface area contributed by atoms with Crippen LogP contribution in [-0.4, -0.2) is 0 Å². The molecule has 2 aromatic carbocycles. The fourth-order valence-electron chi connectivity index (χ4n) is 5.30. The van der Waals surface area contributed by atoms with Crippen molar-refractivity contribution in [2.45, 2.75) is 51.4 Å². The van der Waals surface area contributed by atoms with Crippen LogP contribution in [0.3, 0.4) is 0 Å². The predicted octanol–water partition coefficient (Wildman–Crippen LogP) is 8.02. The van der Waals surface area contributed by atoms with Gasteiger partial charge >= 0.3 is 0 Å². The highest BCUT2D eigenvalue weighted by Crippen LogP contribution is 2.48.